The molecule has 0 atom stereocenters. The average Bonchev–Trinajstić information content (AvgIpc) is 2.38. The van der Waals surface area contributed by atoms with E-state index < -0.39 is 15.8 Å². The monoisotopic (exact) mass is 293 g/mol. The summed E-state index contributed by atoms with van der Waals surface area (Å²) in [6.45, 7) is 0. The van der Waals surface area contributed by atoms with E-state index in [4.69, 9.17) is 0 Å². The minimum atomic E-state index is -3.34. The molecule has 20 heavy (non-hydrogen) atoms. The highest BCUT2D eigenvalue weighted by Crippen LogP contribution is 2.15. The van der Waals surface area contributed by atoms with Gasteiger partial charge in [0.2, 0.25) is 10.0 Å². The van der Waals surface area contributed by atoms with Crippen LogP contribution in [-0.4, -0.2) is 20.5 Å². The van der Waals surface area contributed by atoms with Gasteiger partial charge in [-0.1, -0.05) is 0 Å². The van der Waals surface area contributed by atoms with Gasteiger partial charge >= 0.3 is 0 Å². The zero-order valence-corrected chi connectivity index (χ0v) is 11.4. The third kappa shape index (κ3) is 3.64. The Kier molecular flexibility index (Phi) is 3.85. The minimum Gasteiger partial charge on any atom is -0.289 e. The first-order valence-electron chi connectivity index (χ1n) is 5.73. The number of halogens is 1. The van der Waals surface area contributed by atoms with E-state index in [1.54, 1.807) is 0 Å². The van der Waals surface area contributed by atoms with Crippen LogP contribution in [0.3, 0.4) is 0 Å². The molecular weight excluding hydrogens is 281 g/mol. The summed E-state index contributed by atoms with van der Waals surface area (Å²) in [6, 6.07) is 11.3. The second-order valence-electron chi connectivity index (χ2n) is 4.29. The standard InChI is InChI=1S/C14H12FNO3S/c1-20(18,19)16-13-8-4-11(5-9-13)14(17)10-2-6-12(15)7-3-10/h2-9,16H,1H3. The molecule has 0 aliphatic rings. The highest BCUT2D eigenvalue weighted by Gasteiger charge is 2.09. The van der Waals surface area contributed by atoms with Crippen LogP contribution in [0, 0.1) is 5.82 Å². The molecule has 0 fully saturated rings. The molecule has 0 bridgehead atoms. The summed E-state index contributed by atoms with van der Waals surface area (Å²) in [6.07, 6.45) is 1.05. The Morgan fingerprint density at radius 2 is 1.40 bits per heavy atom. The van der Waals surface area contributed by atoms with Gasteiger partial charge < -0.3 is 0 Å². The summed E-state index contributed by atoms with van der Waals surface area (Å²) in [5.41, 5.74) is 1.15. The van der Waals surface area contributed by atoms with Gasteiger partial charge in [-0.15, -0.1) is 0 Å². The Labute approximate surface area is 116 Å². The van der Waals surface area contributed by atoms with E-state index in [1.807, 2.05) is 0 Å². The van der Waals surface area contributed by atoms with Gasteiger partial charge in [0.15, 0.2) is 5.78 Å². The maximum Gasteiger partial charge on any atom is 0.229 e. The van der Waals surface area contributed by atoms with Crippen LogP contribution in [-0.2, 0) is 10.0 Å². The summed E-state index contributed by atoms with van der Waals surface area (Å²) in [4.78, 5) is 12.1. The lowest BCUT2D eigenvalue weighted by atomic mass is 10.0. The molecule has 2 rings (SSSR count). The van der Waals surface area contributed by atoms with Crippen LogP contribution in [0.5, 0.6) is 0 Å². The van der Waals surface area contributed by atoms with Crippen molar-refractivity contribution < 1.29 is 17.6 Å². The smallest absolute Gasteiger partial charge is 0.229 e. The molecule has 0 heterocycles. The van der Waals surface area contributed by atoms with Crippen LogP contribution in [0.4, 0.5) is 10.1 Å². The van der Waals surface area contributed by atoms with Crippen LogP contribution in [0.25, 0.3) is 0 Å². The lowest BCUT2D eigenvalue weighted by Crippen LogP contribution is -2.09. The molecule has 0 saturated carbocycles. The number of carbonyl (C=O) groups excluding carboxylic acids is 1. The van der Waals surface area contributed by atoms with E-state index in [1.165, 1.54) is 48.5 Å². The number of carbonyl (C=O) groups is 1. The summed E-state index contributed by atoms with van der Waals surface area (Å²) in [5.74, 6) is -0.662. The highest BCUT2D eigenvalue weighted by atomic mass is 32.2. The fraction of sp³-hybridized carbons (Fsp3) is 0.0714. The van der Waals surface area contributed by atoms with E-state index in [0.29, 0.717) is 16.8 Å². The van der Waals surface area contributed by atoms with E-state index in [-0.39, 0.29) is 5.78 Å². The van der Waals surface area contributed by atoms with E-state index >= 15 is 0 Å². The fourth-order valence-corrected chi connectivity index (χ4v) is 2.24. The largest absolute Gasteiger partial charge is 0.289 e. The molecular formula is C14H12FNO3S. The van der Waals surface area contributed by atoms with Gasteiger partial charge in [0.05, 0.1) is 6.26 Å². The SMILES string of the molecule is CS(=O)(=O)Nc1ccc(C(=O)c2ccc(F)cc2)cc1. The van der Waals surface area contributed by atoms with Gasteiger partial charge in [-0.05, 0) is 48.5 Å². The summed E-state index contributed by atoms with van der Waals surface area (Å²) in [5, 5.41) is 0. The first-order chi connectivity index (χ1) is 9.35. The second-order valence-corrected chi connectivity index (χ2v) is 6.04. The normalized spacial score (nSPS) is 11.1. The van der Waals surface area contributed by atoms with E-state index in [0.717, 1.165) is 6.26 Å². The average molecular weight is 293 g/mol. The zero-order chi connectivity index (χ0) is 14.8. The van der Waals surface area contributed by atoms with Crippen molar-refractivity contribution >= 4 is 21.5 Å². The van der Waals surface area contributed by atoms with Crippen molar-refractivity contribution in [3.8, 4) is 0 Å². The number of hydrogen-bond donors (Lipinski definition) is 1. The lowest BCUT2D eigenvalue weighted by molar-refractivity contribution is 0.103. The maximum absolute atomic E-state index is 12.8. The Hall–Kier alpha value is -2.21. The Morgan fingerprint density at radius 1 is 0.950 bits per heavy atom. The molecule has 0 saturated heterocycles. The number of rotatable bonds is 4. The summed E-state index contributed by atoms with van der Waals surface area (Å²) >= 11 is 0. The van der Waals surface area contributed by atoms with Crippen molar-refractivity contribution in [1.82, 2.24) is 0 Å². The van der Waals surface area contributed by atoms with Crippen LogP contribution < -0.4 is 4.72 Å². The summed E-state index contributed by atoms with van der Waals surface area (Å²) < 4.78 is 37.2. The zero-order valence-electron chi connectivity index (χ0n) is 10.6. The molecule has 0 unspecified atom stereocenters. The number of benzene rings is 2. The highest BCUT2D eigenvalue weighted by molar-refractivity contribution is 7.92. The van der Waals surface area contributed by atoms with Crippen molar-refractivity contribution in [3.63, 3.8) is 0 Å². The predicted octanol–water partition coefficient (Wildman–Crippen LogP) is 2.43. The molecule has 2 aromatic carbocycles. The van der Waals surface area contributed by atoms with Crippen molar-refractivity contribution in [1.29, 1.82) is 0 Å². The lowest BCUT2D eigenvalue weighted by Gasteiger charge is -2.05. The van der Waals surface area contributed by atoms with Crippen molar-refractivity contribution in [2.75, 3.05) is 11.0 Å². The Balaban J connectivity index is 2.21. The number of hydrogen-bond acceptors (Lipinski definition) is 3. The molecule has 0 amide bonds. The Bertz CT molecular complexity index is 722. The number of nitrogens with one attached hydrogen (secondary N) is 1. The first-order valence-corrected chi connectivity index (χ1v) is 7.62. The van der Waals surface area contributed by atoms with Crippen LogP contribution >= 0.6 is 0 Å². The molecule has 104 valence electrons. The van der Waals surface area contributed by atoms with E-state index in [9.17, 15) is 17.6 Å². The van der Waals surface area contributed by atoms with Gasteiger partial charge in [-0.25, -0.2) is 12.8 Å². The molecule has 1 N–H and O–H groups in total. The van der Waals surface area contributed by atoms with Crippen LogP contribution in [0.1, 0.15) is 15.9 Å². The van der Waals surface area contributed by atoms with Gasteiger partial charge in [-0.2, -0.15) is 0 Å². The molecule has 2 aromatic rings. The van der Waals surface area contributed by atoms with Gasteiger partial charge in [0.25, 0.3) is 0 Å². The molecule has 4 nitrogen and oxygen atoms in total. The molecule has 0 aliphatic heterocycles. The van der Waals surface area contributed by atoms with Crippen molar-refractivity contribution in [2.45, 2.75) is 0 Å². The maximum atomic E-state index is 12.8. The van der Waals surface area contributed by atoms with Crippen molar-refractivity contribution in [3.05, 3.63) is 65.5 Å². The van der Waals surface area contributed by atoms with Gasteiger partial charge in [0, 0.05) is 16.8 Å². The number of ketones is 1. The predicted molar refractivity (Wildman–Crippen MR) is 74.7 cm³/mol. The third-order valence-corrected chi connectivity index (χ3v) is 3.16. The van der Waals surface area contributed by atoms with Crippen LogP contribution in [0.2, 0.25) is 0 Å². The fourth-order valence-electron chi connectivity index (χ4n) is 1.67. The first kappa shape index (κ1) is 14.2. The quantitative estimate of drug-likeness (QED) is 0.881. The topological polar surface area (TPSA) is 63.2 Å². The van der Waals surface area contributed by atoms with E-state index in [2.05, 4.69) is 4.72 Å². The molecule has 0 aromatic heterocycles. The van der Waals surface area contributed by atoms with Crippen LogP contribution in [0.15, 0.2) is 48.5 Å². The number of sulfonamides is 1. The van der Waals surface area contributed by atoms with Gasteiger partial charge in [0.1, 0.15) is 5.82 Å². The minimum absolute atomic E-state index is 0.254. The Morgan fingerprint density at radius 3 is 1.85 bits per heavy atom. The van der Waals surface area contributed by atoms with Crippen molar-refractivity contribution in [2.24, 2.45) is 0 Å². The third-order valence-electron chi connectivity index (χ3n) is 2.56. The molecule has 0 aliphatic carbocycles. The second kappa shape index (κ2) is 5.42. The van der Waals surface area contributed by atoms with Gasteiger partial charge in [-0.3, -0.25) is 9.52 Å². The summed E-state index contributed by atoms with van der Waals surface area (Å²) in [7, 11) is -3.34. The molecule has 0 spiro atoms. The molecule has 0 radical (unpaired) electrons. The number of anilines is 1. The molecule has 6 heteroatoms.